The van der Waals surface area contributed by atoms with Crippen molar-refractivity contribution < 1.29 is 106 Å². The summed E-state index contributed by atoms with van der Waals surface area (Å²) in [5, 5.41) is 76.8. The van der Waals surface area contributed by atoms with Crippen molar-refractivity contribution in [1.82, 2.24) is 0 Å². The number of hydrogen-bond donors (Lipinski definition) is 1. The van der Waals surface area contributed by atoms with E-state index in [1.807, 2.05) is 0 Å². The van der Waals surface area contributed by atoms with E-state index >= 15 is 0 Å². The third kappa shape index (κ3) is 75.2. The zero-order chi connectivity index (χ0) is 55.0. The largest absolute Gasteiger partial charge is 0.219 e. The Hall–Kier alpha value is -0.840. The van der Waals surface area contributed by atoms with Crippen molar-refractivity contribution in [2.24, 2.45) is 0 Å². The van der Waals surface area contributed by atoms with E-state index in [-0.39, 0.29) is 0 Å². The van der Waals surface area contributed by atoms with Crippen molar-refractivity contribution in [1.29, 1.82) is 0 Å². The average Bonchev–Trinajstić information content (AvgIpc) is 3.44. The van der Waals surface area contributed by atoms with Crippen LogP contribution in [0.25, 0.3) is 0 Å². The molecule has 0 radical (unpaired) electrons. The predicted octanol–water partition coefficient (Wildman–Crippen LogP) is 20.3. The van der Waals surface area contributed by atoms with Crippen molar-refractivity contribution in [3.63, 3.8) is 0 Å². The van der Waals surface area contributed by atoms with E-state index in [9.17, 15) is 0 Å². The zero-order valence-corrected chi connectivity index (χ0v) is 48.5. The van der Waals surface area contributed by atoms with Crippen LogP contribution in [0.5, 0.6) is 0 Å². The quantitative estimate of drug-likeness (QED) is 0.0341. The van der Waals surface area contributed by atoms with E-state index in [0.29, 0.717) is 6.61 Å². The maximum atomic E-state index is 7.65. The van der Waals surface area contributed by atoms with Gasteiger partial charge in [-0.15, -0.1) is 0 Å². The van der Waals surface area contributed by atoms with Crippen molar-refractivity contribution in [2.75, 3.05) is 6.61 Å². The Morgan fingerprint density at radius 3 is 0.442 bits per heavy atom. The topological polar surface area (TPSA) is 205 Å². The molecule has 0 fully saturated rings. The fourth-order valence-corrected chi connectivity index (χ4v) is 9.67. The first-order chi connectivity index (χ1) is 38.4. The molecule has 0 amide bonds. The molecule has 0 bridgehead atoms. The van der Waals surface area contributed by atoms with Crippen LogP contribution >= 0.6 is 0 Å². The fourth-order valence-electron chi connectivity index (χ4n) is 9.67. The van der Waals surface area contributed by atoms with Gasteiger partial charge in [-0.1, -0.05) is 347 Å². The lowest BCUT2D eigenvalue weighted by Gasteiger charge is -2.05. The molecule has 0 aromatic heterocycles. The van der Waals surface area contributed by atoms with E-state index in [1.54, 1.807) is 0 Å². The summed E-state index contributed by atoms with van der Waals surface area (Å²) < 4.78 is 0. The average molecular weight is 1120 g/mol. The molecular weight excluding hydrogens is 1010 g/mol. The Morgan fingerprint density at radius 1 is 0.156 bits per heavy atom. The smallest absolute Gasteiger partial charge is 0.0855 e. The van der Waals surface area contributed by atoms with Gasteiger partial charge in [0, 0.05) is 15.1 Å². The Kier molecular flexibility index (Phi) is 74.3. The number of unbranched alkanes of at least 4 members (excludes halogenated alkanes) is 53. The summed E-state index contributed by atoms with van der Waals surface area (Å²) in [6.07, 6.45) is 76.4. The van der Waals surface area contributed by atoms with Crippen LogP contribution < -0.4 is 0 Å². The zero-order valence-electron chi connectivity index (χ0n) is 48.5. The van der Waals surface area contributed by atoms with E-state index in [1.165, 1.54) is 327 Å². The van der Waals surface area contributed by atoms with Crippen molar-refractivity contribution in [3.8, 4) is 0 Å². The van der Waals surface area contributed by atoms with Gasteiger partial charge in [-0.05, 0) is 87.0 Å². The third-order valence-electron chi connectivity index (χ3n) is 14.1. The van der Waals surface area contributed by atoms with Gasteiger partial charge in [-0.25, -0.2) is 10.1 Å². The second-order valence-corrected chi connectivity index (χ2v) is 20.9. The summed E-state index contributed by atoms with van der Waals surface area (Å²) in [7, 11) is 0. The Balaban J connectivity index is 3.08. The van der Waals surface area contributed by atoms with E-state index in [0.717, 1.165) is 19.3 Å². The number of hydrogen-bond acceptors (Lipinski definition) is 21. The molecule has 1 N–H and O–H groups in total. The van der Waals surface area contributed by atoms with Gasteiger partial charge in [-0.3, -0.25) is 0 Å². The highest BCUT2D eigenvalue weighted by atomic mass is 18.0. The minimum absolute atomic E-state index is 0.294. The van der Waals surface area contributed by atoms with Crippen LogP contribution in [0.2, 0.25) is 0 Å². The van der Waals surface area contributed by atoms with E-state index in [4.69, 9.17) is 10.1 Å². The first-order valence-electron chi connectivity index (χ1n) is 31.3. The molecule has 0 aliphatic carbocycles. The Bertz CT molecular complexity index is 925. The molecule has 0 rings (SSSR count). The van der Waals surface area contributed by atoms with Crippen LogP contribution in [-0.2, 0) is 101 Å². The van der Waals surface area contributed by atoms with Crippen molar-refractivity contribution >= 4 is 0 Å². The predicted molar refractivity (Wildman–Crippen MR) is 284 cm³/mol. The van der Waals surface area contributed by atoms with Gasteiger partial charge < -0.3 is 0 Å². The van der Waals surface area contributed by atoms with E-state index in [2.05, 4.69) is 103 Å². The summed E-state index contributed by atoms with van der Waals surface area (Å²) >= 11 is 0. The van der Waals surface area contributed by atoms with E-state index < -0.39 is 0 Å². The van der Waals surface area contributed by atoms with Gasteiger partial charge in [0.1, 0.15) is 0 Å². The summed E-state index contributed by atoms with van der Waals surface area (Å²) in [6.45, 7) is 2.60. The molecule has 464 valence electrons. The van der Waals surface area contributed by atoms with Crippen LogP contribution in [0.15, 0.2) is 0 Å². The second kappa shape index (κ2) is 75.2. The minimum atomic E-state index is 0.294. The van der Waals surface area contributed by atoms with Gasteiger partial charge in [0.15, 0.2) is 0 Å². The molecule has 0 aromatic rings. The van der Waals surface area contributed by atoms with Gasteiger partial charge >= 0.3 is 0 Å². The SMILES string of the molecule is CCCCCCCCCCCCCCCCCCCCCCCCCCCCCCCCCCCCCCCCCCCCCCCCCCCCCCCCOOOOOOOOOOOOOOOOOOOOO. The molecule has 0 saturated carbocycles. The lowest BCUT2D eigenvalue weighted by molar-refractivity contribution is -0.895. The third-order valence-corrected chi connectivity index (χ3v) is 14.1. The van der Waals surface area contributed by atoms with Crippen molar-refractivity contribution in [3.05, 3.63) is 0 Å². The van der Waals surface area contributed by atoms with Crippen LogP contribution in [-0.4, -0.2) is 11.9 Å². The van der Waals surface area contributed by atoms with Gasteiger partial charge in [0.25, 0.3) is 0 Å². The van der Waals surface area contributed by atoms with Gasteiger partial charge in [0.2, 0.25) is 0 Å². The fraction of sp³-hybridized carbons (Fsp3) is 1.00. The molecule has 77 heavy (non-hydrogen) atoms. The second-order valence-electron chi connectivity index (χ2n) is 20.9. The highest BCUT2D eigenvalue weighted by molar-refractivity contribution is 4.55. The maximum Gasteiger partial charge on any atom is 0.0855 e. The lowest BCUT2D eigenvalue weighted by atomic mass is 10.0. The van der Waals surface area contributed by atoms with Crippen molar-refractivity contribution in [2.45, 2.75) is 354 Å². The first kappa shape index (κ1) is 76.2. The minimum Gasteiger partial charge on any atom is -0.219 e. The Labute approximate surface area is 464 Å². The first-order valence-corrected chi connectivity index (χ1v) is 31.3. The van der Waals surface area contributed by atoms with Gasteiger partial charge in [-0.2, -0.15) is 0 Å². The highest BCUT2D eigenvalue weighted by Gasteiger charge is 2.03. The molecule has 0 atom stereocenters. The molecular formula is C56H114O21. The molecule has 0 unspecified atom stereocenters. The summed E-state index contributed by atoms with van der Waals surface area (Å²) in [4.78, 5) is 4.75. The lowest BCUT2D eigenvalue weighted by Crippen LogP contribution is -2.05. The molecule has 0 aliphatic heterocycles. The molecule has 0 saturated heterocycles. The van der Waals surface area contributed by atoms with Crippen LogP contribution in [0, 0.1) is 0 Å². The van der Waals surface area contributed by atoms with Crippen LogP contribution in [0.4, 0.5) is 0 Å². The molecule has 21 nitrogen and oxygen atoms in total. The highest BCUT2D eigenvalue weighted by Crippen LogP contribution is 2.19. The number of rotatable bonds is 74. The van der Waals surface area contributed by atoms with Crippen LogP contribution in [0.3, 0.4) is 0 Å². The summed E-state index contributed by atoms with van der Waals surface area (Å²) in [5.41, 5.74) is 0. The molecule has 0 aliphatic rings. The van der Waals surface area contributed by atoms with Gasteiger partial charge in [0.05, 0.1) is 6.61 Å². The molecule has 0 aromatic carbocycles. The molecule has 0 heterocycles. The van der Waals surface area contributed by atoms with Crippen LogP contribution in [0.1, 0.15) is 354 Å². The molecule has 0 spiro atoms. The summed E-state index contributed by atoms with van der Waals surface area (Å²) in [6, 6.07) is 0. The molecule has 21 heteroatoms. The maximum absolute atomic E-state index is 7.65. The summed E-state index contributed by atoms with van der Waals surface area (Å²) in [5.74, 6) is 0. The monoisotopic (exact) mass is 1120 g/mol. The normalized spacial score (nSPS) is 11.8. The Morgan fingerprint density at radius 2 is 0.286 bits per heavy atom. The standard InChI is InChI=1S/C56H114O21/c1-2-3-4-5-6-7-8-9-10-11-12-13-14-15-16-17-18-19-20-21-22-23-24-25-26-27-28-29-30-31-32-33-34-35-36-37-38-39-40-41-42-43-44-45-46-47-48-49-50-51-52-53-54-55-56-58-60-62-64-66-68-70-72-74-76-77-75-73-71-69-67-65-63-61-59-57/h57H,2-56H2,1H3.